The summed E-state index contributed by atoms with van der Waals surface area (Å²) in [6.07, 6.45) is 9.44. The van der Waals surface area contributed by atoms with E-state index in [1.165, 1.54) is 12.0 Å². The summed E-state index contributed by atoms with van der Waals surface area (Å²) >= 11 is 0. The van der Waals surface area contributed by atoms with Gasteiger partial charge in [-0.25, -0.2) is 4.98 Å². The molecule has 2 aromatic rings. The van der Waals surface area contributed by atoms with E-state index in [-0.39, 0.29) is 17.9 Å². The molecule has 0 bridgehead atoms. The first-order chi connectivity index (χ1) is 19.0. The summed E-state index contributed by atoms with van der Waals surface area (Å²) in [5, 5.41) is 15.8. The summed E-state index contributed by atoms with van der Waals surface area (Å²) in [5.74, 6) is 2.28. The molecule has 9 nitrogen and oxygen atoms in total. The number of nitrogens with zero attached hydrogens (tertiary/aromatic N) is 3. The number of fused-ring (bicyclic) bond motifs is 1. The molecule has 2 aliphatic carbocycles. The monoisotopic (exact) mass is 533 g/mol. The van der Waals surface area contributed by atoms with Gasteiger partial charge in [0.05, 0.1) is 6.61 Å². The predicted octanol–water partition coefficient (Wildman–Crippen LogP) is 2.98. The second-order valence-electron chi connectivity index (χ2n) is 11.6. The summed E-state index contributed by atoms with van der Waals surface area (Å²) in [6.45, 7) is 5.98. The Hall–Kier alpha value is -3.17. The lowest BCUT2D eigenvalue weighted by Gasteiger charge is -2.37. The Morgan fingerprint density at radius 3 is 2.49 bits per heavy atom. The molecule has 2 saturated carbocycles. The molecule has 0 unspecified atom stereocenters. The molecule has 2 aliphatic heterocycles. The van der Waals surface area contributed by atoms with Gasteiger partial charge in [0.1, 0.15) is 5.60 Å². The topological polar surface area (TPSA) is 107 Å². The average molecular weight is 534 g/mol. The number of carbonyl (C=O) groups is 2. The van der Waals surface area contributed by atoms with Crippen molar-refractivity contribution in [2.24, 2.45) is 5.92 Å². The first-order valence-corrected chi connectivity index (χ1v) is 14.5. The number of aromatic nitrogens is 1. The maximum Gasteiger partial charge on any atom is 0.256 e. The largest absolute Gasteiger partial charge is 0.489 e. The van der Waals surface area contributed by atoms with Crippen molar-refractivity contribution in [2.45, 2.75) is 63.0 Å². The van der Waals surface area contributed by atoms with Crippen LogP contribution in [0.2, 0.25) is 0 Å². The minimum Gasteiger partial charge on any atom is -0.489 e. The number of carbonyl (C=O) groups excluding carboxylic acids is 2. The van der Waals surface area contributed by atoms with Crippen LogP contribution in [0.1, 0.15) is 60.9 Å². The highest BCUT2D eigenvalue weighted by Gasteiger charge is 2.48. The van der Waals surface area contributed by atoms with Crippen molar-refractivity contribution < 1.29 is 19.4 Å². The highest BCUT2D eigenvalue weighted by Crippen LogP contribution is 2.36. The molecule has 1 aromatic carbocycles. The first-order valence-electron chi connectivity index (χ1n) is 14.5. The van der Waals surface area contributed by atoms with E-state index in [0.717, 1.165) is 83.0 Å². The number of anilines is 2. The second-order valence-corrected chi connectivity index (χ2v) is 11.6. The van der Waals surface area contributed by atoms with Gasteiger partial charge in [-0.3, -0.25) is 14.5 Å². The van der Waals surface area contributed by atoms with Crippen molar-refractivity contribution in [1.82, 2.24) is 15.2 Å². The Morgan fingerprint density at radius 2 is 1.77 bits per heavy atom. The molecule has 4 aliphatic rings. The lowest BCUT2D eigenvalue weighted by molar-refractivity contribution is -0.125. The van der Waals surface area contributed by atoms with Crippen LogP contribution in [-0.4, -0.2) is 77.8 Å². The fourth-order valence-electron chi connectivity index (χ4n) is 6.03. The number of amides is 2. The Balaban J connectivity index is 0.892. The van der Waals surface area contributed by atoms with Gasteiger partial charge in [-0.2, -0.15) is 0 Å². The number of hydrogen-bond acceptors (Lipinski definition) is 7. The van der Waals surface area contributed by atoms with Crippen LogP contribution in [0.5, 0.6) is 5.75 Å². The van der Waals surface area contributed by atoms with Crippen LogP contribution >= 0.6 is 0 Å². The quantitative estimate of drug-likeness (QED) is 0.479. The van der Waals surface area contributed by atoms with Crippen LogP contribution < -0.4 is 20.3 Å². The van der Waals surface area contributed by atoms with Gasteiger partial charge < -0.3 is 25.4 Å². The molecule has 1 aromatic heterocycles. The third-order valence-electron chi connectivity index (χ3n) is 8.84. The first kappa shape index (κ1) is 26.1. The van der Waals surface area contributed by atoms with Crippen LogP contribution in [0.4, 0.5) is 11.5 Å². The number of hydrogen-bond donors (Lipinski definition) is 3. The van der Waals surface area contributed by atoms with Crippen LogP contribution in [-0.2, 0) is 11.2 Å². The SMILES string of the molecule is O=C(NC1CCC(CCN2CCN(c3nccc4c3OCC4)CC2)CC1)c1ccc(NC(=O)C2(O)CC2)cc1. The van der Waals surface area contributed by atoms with Crippen molar-refractivity contribution >= 4 is 23.3 Å². The second kappa shape index (κ2) is 11.1. The highest BCUT2D eigenvalue weighted by atomic mass is 16.5. The third-order valence-corrected chi connectivity index (χ3v) is 8.84. The number of ether oxygens (including phenoxy) is 1. The molecule has 3 fully saturated rings. The zero-order valence-electron chi connectivity index (χ0n) is 22.5. The molecule has 1 saturated heterocycles. The number of piperazine rings is 1. The van der Waals surface area contributed by atoms with Gasteiger partial charge in [0.15, 0.2) is 11.6 Å². The van der Waals surface area contributed by atoms with Gasteiger partial charge in [-0.15, -0.1) is 0 Å². The Labute approximate surface area is 229 Å². The van der Waals surface area contributed by atoms with Crippen molar-refractivity contribution in [1.29, 1.82) is 0 Å². The smallest absolute Gasteiger partial charge is 0.256 e. The Kier molecular flexibility index (Phi) is 7.44. The number of pyridine rings is 1. The van der Waals surface area contributed by atoms with Crippen LogP contribution in [0.25, 0.3) is 0 Å². The summed E-state index contributed by atoms with van der Waals surface area (Å²) < 4.78 is 5.86. The van der Waals surface area contributed by atoms with Gasteiger partial charge in [0.2, 0.25) is 0 Å². The fraction of sp³-hybridized carbons (Fsp3) is 0.567. The summed E-state index contributed by atoms with van der Waals surface area (Å²) in [5.41, 5.74) is 1.25. The normalized spacial score (nSPS) is 24.0. The van der Waals surface area contributed by atoms with Crippen LogP contribution in [0.3, 0.4) is 0 Å². The standard InChI is InChI=1S/C30H39N5O4/c36-28(23-3-7-25(8-4-23)33-29(37)30(38)12-13-30)32-24-5-1-21(2-6-24)10-15-34-16-18-35(19-17-34)27-26-22(9-14-31-27)11-20-39-26/h3-4,7-9,14,21,24,38H,1-2,5-6,10-13,15-20H2,(H,32,36)(H,33,37). The van der Waals surface area contributed by atoms with Gasteiger partial charge >= 0.3 is 0 Å². The van der Waals surface area contributed by atoms with Gasteiger partial charge in [0.25, 0.3) is 11.8 Å². The zero-order valence-corrected chi connectivity index (χ0v) is 22.5. The molecule has 0 spiro atoms. The Bertz CT molecular complexity index is 1180. The minimum atomic E-state index is -1.21. The van der Waals surface area contributed by atoms with Crippen molar-refractivity contribution in [3.63, 3.8) is 0 Å². The van der Waals surface area contributed by atoms with E-state index in [4.69, 9.17) is 4.74 Å². The fourth-order valence-corrected chi connectivity index (χ4v) is 6.03. The number of nitrogens with one attached hydrogen (secondary N) is 2. The van der Waals surface area contributed by atoms with E-state index in [1.54, 1.807) is 24.3 Å². The molecule has 9 heteroatoms. The van der Waals surface area contributed by atoms with E-state index < -0.39 is 5.60 Å². The van der Waals surface area contributed by atoms with Crippen molar-refractivity contribution in [3.05, 3.63) is 47.7 Å². The predicted molar refractivity (Wildman–Crippen MR) is 149 cm³/mol. The molecule has 0 radical (unpaired) electrons. The third kappa shape index (κ3) is 6.04. The molecule has 208 valence electrons. The molecule has 0 atom stereocenters. The zero-order chi connectivity index (χ0) is 26.8. The van der Waals surface area contributed by atoms with Crippen molar-refractivity contribution in [2.75, 3.05) is 49.5 Å². The highest BCUT2D eigenvalue weighted by molar-refractivity contribution is 6.00. The number of benzene rings is 1. The molecule has 6 rings (SSSR count). The van der Waals surface area contributed by atoms with E-state index >= 15 is 0 Å². The molecule has 2 amide bonds. The molecule has 39 heavy (non-hydrogen) atoms. The molecule has 3 N–H and O–H groups in total. The maximum absolute atomic E-state index is 12.8. The van der Waals surface area contributed by atoms with Crippen LogP contribution in [0.15, 0.2) is 36.5 Å². The van der Waals surface area contributed by atoms with Gasteiger partial charge in [0, 0.05) is 61.7 Å². The number of rotatable bonds is 8. The molecular weight excluding hydrogens is 494 g/mol. The van der Waals surface area contributed by atoms with E-state index in [1.807, 2.05) is 6.20 Å². The van der Waals surface area contributed by atoms with E-state index in [2.05, 4.69) is 31.5 Å². The van der Waals surface area contributed by atoms with E-state index in [9.17, 15) is 14.7 Å². The lowest BCUT2D eigenvalue weighted by Crippen LogP contribution is -2.47. The summed E-state index contributed by atoms with van der Waals surface area (Å²) in [6, 6.07) is 9.16. The summed E-state index contributed by atoms with van der Waals surface area (Å²) in [7, 11) is 0. The lowest BCUT2D eigenvalue weighted by atomic mass is 9.84. The molecular formula is C30H39N5O4. The number of aliphatic hydroxyl groups is 1. The Morgan fingerprint density at radius 1 is 1.03 bits per heavy atom. The van der Waals surface area contributed by atoms with Crippen LogP contribution in [0, 0.1) is 5.92 Å². The summed E-state index contributed by atoms with van der Waals surface area (Å²) in [4.78, 5) is 34.3. The van der Waals surface area contributed by atoms with Gasteiger partial charge in [-0.1, -0.05) is 0 Å². The maximum atomic E-state index is 12.8. The van der Waals surface area contributed by atoms with E-state index in [0.29, 0.717) is 30.0 Å². The average Bonchev–Trinajstić information content (AvgIpc) is 3.53. The minimum absolute atomic E-state index is 0.0704. The van der Waals surface area contributed by atoms with Crippen molar-refractivity contribution in [3.8, 4) is 5.75 Å². The van der Waals surface area contributed by atoms with Gasteiger partial charge in [-0.05, 0) is 87.7 Å². The molecule has 3 heterocycles.